The SMILES string of the molecule is COCCNCC(=O)Nc1ccnn1Cc1c(Cl)cccc1Cl. The number of ether oxygens (including phenoxy) is 1. The lowest BCUT2D eigenvalue weighted by Crippen LogP contribution is -2.31. The van der Waals surface area contributed by atoms with Crippen LogP contribution < -0.4 is 10.6 Å². The minimum absolute atomic E-state index is 0.159. The highest BCUT2D eigenvalue weighted by Crippen LogP contribution is 2.25. The minimum atomic E-state index is -0.159. The summed E-state index contributed by atoms with van der Waals surface area (Å²) in [6, 6.07) is 7.04. The highest BCUT2D eigenvalue weighted by molar-refractivity contribution is 6.35. The van der Waals surface area contributed by atoms with Gasteiger partial charge in [0.1, 0.15) is 5.82 Å². The molecule has 2 aromatic rings. The molecular formula is C15H18Cl2N4O2. The molecule has 8 heteroatoms. The van der Waals surface area contributed by atoms with Gasteiger partial charge in [0.05, 0.1) is 25.9 Å². The smallest absolute Gasteiger partial charge is 0.239 e. The fourth-order valence-electron chi connectivity index (χ4n) is 1.96. The zero-order chi connectivity index (χ0) is 16.7. The topological polar surface area (TPSA) is 68.2 Å². The molecule has 0 aliphatic heterocycles. The third-order valence-corrected chi connectivity index (χ3v) is 3.83. The maximum atomic E-state index is 11.9. The lowest BCUT2D eigenvalue weighted by atomic mass is 10.2. The van der Waals surface area contributed by atoms with Gasteiger partial charge in [-0.25, -0.2) is 4.68 Å². The lowest BCUT2D eigenvalue weighted by Gasteiger charge is -2.11. The summed E-state index contributed by atoms with van der Waals surface area (Å²) < 4.78 is 6.54. The predicted molar refractivity (Wildman–Crippen MR) is 91.2 cm³/mol. The zero-order valence-corrected chi connectivity index (χ0v) is 14.2. The summed E-state index contributed by atoms with van der Waals surface area (Å²) in [4.78, 5) is 11.9. The number of carbonyl (C=O) groups is 1. The van der Waals surface area contributed by atoms with E-state index in [0.717, 1.165) is 5.56 Å². The van der Waals surface area contributed by atoms with E-state index in [9.17, 15) is 4.79 Å². The van der Waals surface area contributed by atoms with Crippen molar-refractivity contribution in [3.8, 4) is 0 Å². The molecule has 23 heavy (non-hydrogen) atoms. The Labute approximate surface area is 144 Å². The number of methoxy groups -OCH3 is 1. The van der Waals surface area contributed by atoms with Crippen molar-refractivity contribution in [1.29, 1.82) is 0 Å². The summed E-state index contributed by atoms with van der Waals surface area (Å²) in [6.45, 7) is 1.73. The molecule has 1 aromatic carbocycles. The molecule has 2 rings (SSSR count). The van der Waals surface area contributed by atoms with Crippen molar-refractivity contribution in [2.45, 2.75) is 6.54 Å². The molecule has 1 heterocycles. The van der Waals surface area contributed by atoms with Gasteiger partial charge in [0.25, 0.3) is 0 Å². The van der Waals surface area contributed by atoms with Gasteiger partial charge in [-0.2, -0.15) is 5.10 Å². The Kier molecular flexibility index (Phi) is 6.85. The molecule has 0 fully saturated rings. The Morgan fingerprint density at radius 3 is 2.74 bits per heavy atom. The Bertz CT molecular complexity index is 640. The molecule has 0 bridgehead atoms. The maximum absolute atomic E-state index is 11.9. The molecule has 0 spiro atoms. The second-order valence-electron chi connectivity index (χ2n) is 4.79. The van der Waals surface area contributed by atoms with E-state index in [4.69, 9.17) is 27.9 Å². The van der Waals surface area contributed by atoms with Crippen molar-refractivity contribution in [3.05, 3.63) is 46.1 Å². The van der Waals surface area contributed by atoms with Crippen LogP contribution in [0, 0.1) is 0 Å². The summed E-state index contributed by atoms with van der Waals surface area (Å²) in [5.74, 6) is 0.424. The van der Waals surface area contributed by atoms with E-state index < -0.39 is 0 Å². The van der Waals surface area contributed by atoms with Crippen LogP contribution in [0.25, 0.3) is 0 Å². The molecule has 1 aromatic heterocycles. The summed E-state index contributed by atoms with van der Waals surface area (Å²) in [5, 5.41) is 11.1. The standard InChI is InChI=1S/C15H18Cl2N4O2/c1-23-8-7-18-9-15(22)20-14-5-6-19-21(14)10-11-12(16)3-2-4-13(11)17/h2-6,18H,7-10H2,1H3,(H,20,22). The highest BCUT2D eigenvalue weighted by Gasteiger charge is 2.11. The van der Waals surface area contributed by atoms with Crippen LogP contribution in [0.15, 0.2) is 30.5 Å². The number of nitrogens with one attached hydrogen (secondary N) is 2. The van der Waals surface area contributed by atoms with E-state index in [-0.39, 0.29) is 12.5 Å². The van der Waals surface area contributed by atoms with Gasteiger partial charge >= 0.3 is 0 Å². The van der Waals surface area contributed by atoms with Crippen molar-refractivity contribution in [2.24, 2.45) is 0 Å². The van der Waals surface area contributed by atoms with Gasteiger partial charge in [-0.05, 0) is 12.1 Å². The quantitative estimate of drug-likeness (QED) is 0.712. The zero-order valence-electron chi connectivity index (χ0n) is 12.7. The van der Waals surface area contributed by atoms with Gasteiger partial charge in [0.15, 0.2) is 0 Å². The van der Waals surface area contributed by atoms with Crippen LogP contribution in [0.2, 0.25) is 10.0 Å². The van der Waals surface area contributed by atoms with Crippen LogP contribution in [-0.4, -0.2) is 42.5 Å². The molecule has 0 radical (unpaired) electrons. The van der Waals surface area contributed by atoms with Crippen LogP contribution >= 0.6 is 23.2 Å². The monoisotopic (exact) mass is 356 g/mol. The number of hydrogen-bond acceptors (Lipinski definition) is 4. The highest BCUT2D eigenvalue weighted by atomic mass is 35.5. The molecule has 0 aliphatic carbocycles. The van der Waals surface area contributed by atoms with Crippen molar-refractivity contribution in [1.82, 2.24) is 15.1 Å². The molecule has 1 amide bonds. The first-order valence-electron chi connectivity index (χ1n) is 7.06. The Balaban J connectivity index is 1.98. The first-order chi connectivity index (χ1) is 11.1. The van der Waals surface area contributed by atoms with E-state index in [1.807, 2.05) is 0 Å². The normalized spacial score (nSPS) is 10.7. The predicted octanol–water partition coefficient (Wildman–Crippen LogP) is 2.41. The average molecular weight is 357 g/mol. The number of rotatable bonds is 8. The molecular weight excluding hydrogens is 339 g/mol. The summed E-state index contributed by atoms with van der Waals surface area (Å²) in [6.07, 6.45) is 1.61. The second kappa shape index (κ2) is 8.88. The van der Waals surface area contributed by atoms with Gasteiger partial charge in [0, 0.05) is 35.3 Å². The number of aromatic nitrogens is 2. The van der Waals surface area contributed by atoms with Gasteiger partial charge in [0.2, 0.25) is 5.91 Å². The summed E-state index contributed by atoms with van der Waals surface area (Å²) in [7, 11) is 1.61. The third kappa shape index (κ3) is 5.21. The fourth-order valence-corrected chi connectivity index (χ4v) is 2.48. The van der Waals surface area contributed by atoms with Gasteiger partial charge in [-0.15, -0.1) is 0 Å². The largest absolute Gasteiger partial charge is 0.383 e. The number of carbonyl (C=O) groups excluding carboxylic acids is 1. The second-order valence-corrected chi connectivity index (χ2v) is 5.61. The minimum Gasteiger partial charge on any atom is -0.383 e. The number of hydrogen-bond donors (Lipinski definition) is 2. The first kappa shape index (κ1) is 17.7. The Hall–Kier alpha value is -1.60. The van der Waals surface area contributed by atoms with Crippen LogP contribution in [0.4, 0.5) is 5.82 Å². The number of nitrogens with zero attached hydrogens (tertiary/aromatic N) is 2. The van der Waals surface area contributed by atoms with Crippen LogP contribution in [0.3, 0.4) is 0 Å². The summed E-state index contributed by atoms with van der Waals surface area (Å²) in [5.41, 5.74) is 0.758. The average Bonchev–Trinajstić information content (AvgIpc) is 2.94. The van der Waals surface area contributed by atoms with Crippen LogP contribution in [-0.2, 0) is 16.1 Å². The Morgan fingerprint density at radius 2 is 2.04 bits per heavy atom. The van der Waals surface area contributed by atoms with Gasteiger partial charge in [-0.1, -0.05) is 29.3 Å². The third-order valence-electron chi connectivity index (χ3n) is 3.12. The summed E-state index contributed by atoms with van der Waals surface area (Å²) >= 11 is 12.3. The molecule has 2 N–H and O–H groups in total. The number of benzene rings is 1. The van der Waals surface area contributed by atoms with E-state index in [0.29, 0.717) is 35.6 Å². The molecule has 124 valence electrons. The van der Waals surface area contributed by atoms with Crippen LogP contribution in [0.5, 0.6) is 0 Å². The molecule has 0 aliphatic rings. The first-order valence-corrected chi connectivity index (χ1v) is 7.81. The Morgan fingerprint density at radius 1 is 1.30 bits per heavy atom. The number of anilines is 1. The van der Waals surface area contributed by atoms with E-state index in [1.165, 1.54) is 0 Å². The van der Waals surface area contributed by atoms with Gasteiger partial charge < -0.3 is 15.4 Å². The van der Waals surface area contributed by atoms with Crippen molar-refractivity contribution < 1.29 is 9.53 Å². The van der Waals surface area contributed by atoms with Crippen LogP contribution in [0.1, 0.15) is 5.56 Å². The van der Waals surface area contributed by atoms with Crippen molar-refractivity contribution in [3.63, 3.8) is 0 Å². The molecule has 0 saturated carbocycles. The number of amides is 1. The lowest BCUT2D eigenvalue weighted by molar-refractivity contribution is -0.115. The molecule has 0 saturated heterocycles. The molecule has 0 unspecified atom stereocenters. The maximum Gasteiger partial charge on any atom is 0.239 e. The van der Waals surface area contributed by atoms with Gasteiger partial charge in [-0.3, -0.25) is 4.79 Å². The molecule has 6 nitrogen and oxygen atoms in total. The van der Waals surface area contributed by atoms with E-state index in [2.05, 4.69) is 15.7 Å². The van der Waals surface area contributed by atoms with E-state index >= 15 is 0 Å². The fraction of sp³-hybridized carbons (Fsp3) is 0.333. The van der Waals surface area contributed by atoms with Crippen molar-refractivity contribution in [2.75, 3.05) is 32.1 Å². The molecule has 0 atom stereocenters. The number of halogens is 2. The van der Waals surface area contributed by atoms with Crippen molar-refractivity contribution >= 4 is 34.9 Å². The van der Waals surface area contributed by atoms with E-state index in [1.54, 1.807) is 42.3 Å².